The number of hydrogen-bond donors (Lipinski definition) is 0. The fraction of sp³-hybridized carbons (Fsp3) is 0.476. The number of aryl methyl sites for hydroxylation is 2. The minimum absolute atomic E-state index is 0.146. The van der Waals surface area contributed by atoms with E-state index >= 15 is 0 Å². The number of rotatable bonds is 5. The van der Waals surface area contributed by atoms with Gasteiger partial charge in [0.1, 0.15) is 12.4 Å². The maximum atomic E-state index is 13.1. The van der Waals surface area contributed by atoms with E-state index in [1.54, 1.807) is 29.2 Å². The number of piperidine rings is 1. The Morgan fingerprint density at radius 3 is 2.62 bits per heavy atom. The molecule has 154 valence electrons. The second kappa shape index (κ2) is 7.93. The molecule has 2 aliphatic rings. The molecule has 4 rings (SSSR count). The summed E-state index contributed by atoms with van der Waals surface area (Å²) < 4.78 is 30.3. The number of likely N-dealkylation sites (tertiary alicyclic amines) is 1. The summed E-state index contributed by atoms with van der Waals surface area (Å²) in [6.45, 7) is 5.15. The minimum atomic E-state index is -2.59. The number of anilines is 1. The van der Waals surface area contributed by atoms with Gasteiger partial charge >= 0.3 is 0 Å². The van der Waals surface area contributed by atoms with Crippen molar-refractivity contribution >= 4 is 11.9 Å². The highest BCUT2D eigenvalue weighted by Gasteiger charge is 2.41. The fourth-order valence-corrected chi connectivity index (χ4v) is 4.30. The first-order chi connectivity index (χ1) is 13.9. The molecule has 6 nitrogen and oxygen atoms in total. The van der Waals surface area contributed by atoms with Crippen molar-refractivity contribution in [3.63, 3.8) is 0 Å². The summed E-state index contributed by atoms with van der Waals surface area (Å²) in [7, 11) is 0. The number of carbonyl (C=O) groups is 1. The van der Waals surface area contributed by atoms with Gasteiger partial charge in [0.2, 0.25) is 5.95 Å². The number of amides is 1. The van der Waals surface area contributed by atoms with Gasteiger partial charge in [-0.3, -0.25) is 4.79 Å². The van der Waals surface area contributed by atoms with Crippen molar-refractivity contribution in [2.75, 3.05) is 31.1 Å². The van der Waals surface area contributed by atoms with Crippen molar-refractivity contribution in [1.29, 1.82) is 0 Å². The van der Waals surface area contributed by atoms with Gasteiger partial charge in [0.15, 0.2) is 0 Å². The van der Waals surface area contributed by atoms with Crippen LogP contribution in [-0.2, 0) is 0 Å². The zero-order chi connectivity index (χ0) is 20.5. The van der Waals surface area contributed by atoms with Gasteiger partial charge in [-0.05, 0) is 44.4 Å². The molecule has 2 bridgehead atoms. The van der Waals surface area contributed by atoms with Crippen LogP contribution in [0.3, 0.4) is 0 Å². The van der Waals surface area contributed by atoms with Crippen molar-refractivity contribution in [2.24, 2.45) is 5.92 Å². The number of benzene rings is 1. The number of para-hydroxylation sites is 1. The molecule has 3 heterocycles. The van der Waals surface area contributed by atoms with Crippen molar-refractivity contribution in [3.05, 3.63) is 47.3 Å². The van der Waals surface area contributed by atoms with Crippen molar-refractivity contribution in [2.45, 2.75) is 32.7 Å². The first-order valence-electron chi connectivity index (χ1n) is 9.79. The molecule has 2 fully saturated rings. The Hall–Kier alpha value is -2.77. The number of carbonyl (C=O) groups excluding carboxylic acids is 1. The molecular weight excluding hydrogens is 378 g/mol. The van der Waals surface area contributed by atoms with Crippen LogP contribution < -0.4 is 9.64 Å². The number of aromatic nitrogens is 2. The highest BCUT2D eigenvalue weighted by Crippen LogP contribution is 2.33. The van der Waals surface area contributed by atoms with Crippen LogP contribution in [0.4, 0.5) is 14.7 Å². The van der Waals surface area contributed by atoms with Gasteiger partial charge in [0.25, 0.3) is 12.3 Å². The van der Waals surface area contributed by atoms with Crippen LogP contribution in [0.5, 0.6) is 5.75 Å². The Morgan fingerprint density at radius 2 is 1.90 bits per heavy atom. The van der Waals surface area contributed by atoms with Gasteiger partial charge in [-0.2, -0.15) is 0 Å². The first kappa shape index (κ1) is 19.5. The predicted molar refractivity (Wildman–Crippen MR) is 105 cm³/mol. The van der Waals surface area contributed by atoms with E-state index in [2.05, 4.69) is 14.9 Å². The minimum Gasteiger partial charge on any atom is -0.487 e. The Kier molecular flexibility index (Phi) is 5.34. The van der Waals surface area contributed by atoms with E-state index in [1.807, 2.05) is 19.9 Å². The maximum absolute atomic E-state index is 13.1. The lowest BCUT2D eigenvalue weighted by Gasteiger charge is -2.33. The van der Waals surface area contributed by atoms with Gasteiger partial charge < -0.3 is 14.5 Å². The zero-order valence-electron chi connectivity index (χ0n) is 16.5. The van der Waals surface area contributed by atoms with Crippen LogP contribution in [0.2, 0.25) is 0 Å². The highest BCUT2D eigenvalue weighted by atomic mass is 19.3. The SMILES string of the molecule is Cc1cc(C)nc(N2CC3CC2CN(C(=O)c2ccccc2OCC(F)F)C3)n1. The molecule has 2 atom stereocenters. The van der Waals surface area contributed by atoms with E-state index in [-0.39, 0.29) is 17.7 Å². The standard InChI is InChI=1S/C21H24F2N4O2/c1-13-7-14(2)25-21(24-13)27-10-15-8-16(27)11-26(9-15)20(28)17-5-3-4-6-18(17)29-12-19(22)23/h3-7,15-16,19H,8-12H2,1-2H3. The molecule has 0 radical (unpaired) electrons. The molecule has 8 heteroatoms. The normalized spacial score (nSPS) is 21.0. The molecule has 2 saturated heterocycles. The van der Waals surface area contributed by atoms with Gasteiger partial charge in [-0.25, -0.2) is 18.7 Å². The van der Waals surface area contributed by atoms with Crippen LogP contribution in [-0.4, -0.2) is 59.5 Å². The summed E-state index contributed by atoms with van der Waals surface area (Å²) in [4.78, 5) is 26.3. The third kappa shape index (κ3) is 4.16. The van der Waals surface area contributed by atoms with Crippen LogP contribution in [0.25, 0.3) is 0 Å². The lowest BCUT2D eigenvalue weighted by atomic mass is 9.99. The molecule has 0 spiro atoms. The Balaban J connectivity index is 1.52. The van der Waals surface area contributed by atoms with Crippen molar-refractivity contribution in [3.8, 4) is 5.75 Å². The third-order valence-corrected chi connectivity index (χ3v) is 5.41. The number of hydrogen-bond acceptors (Lipinski definition) is 5. The summed E-state index contributed by atoms with van der Waals surface area (Å²) in [6.07, 6.45) is -1.60. The van der Waals surface area contributed by atoms with E-state index in [4.69, 9.17) is 4.74 Å². The van der Waals surface area contributed by atoms with E-state index in [0.717, 1.165) is 24.4 Å². The summed E-state index contributed by atoms with van der Waals surface area (Å²) >= 11 is 0. The van der Waals surface area contributed by atoms with Gasteiger partial charge in [0.05, 0.1) is 5.56 Å². The van der Waals surface area contributed by atoms with Crippen LogP contribution in [0, 0.1) is 19.8 Å². The Morgan fingerprint density at radius 1 is 1.17 bits per heavy atom. The van der Waals surface area contributed by atoms with Crippen molar-refractivity contribution in [1.82, 2.24) is 14.9 Å². The molecule has 2 aromatic rings. The lowest BCUT2D eigenvalue weighted by Crippen LogP contribution is -2.45. The number of halogens is 2. The smallest absolute Gasteiger partial charge is 0.272 e. The van der Waals surface area contributed by atoms with Crippen LogP contribution >= 0.6 is 0 Å². The van der Waals surface area contributed by atoms with E-state index in [0.29, 0.717) is 30.5 Å². The van der Waals surface area contributed by atoms with Crippen molar-refractivity contribution < 1.29 is 18.3 Å². The molecule has 0 aliphatic carbocycles. The number of fused-ring (bicyclic) bond motifs is 2. The average molecular weight is 402 g/mol. The summed E-state index contributed by atoms with van der Waals surface area (Å²) in [5.74, 6) is 1.05. The van der Waals surface area contributed by atoms with Gasteiger partial charge in [-0.15, -0.1) is 0 Å². The van der Waals surface area contributed by atoms with E-state index in [1.165, 1.54) is 0 Å². The topological polar surface area (TPSA) is 58.6 Å². The molecule has 1 amide bonds. The molecule has 2 unspecified atom stereocenters. The Labute approximate surface area is 168 Å². The van der Waals surface area contributed by atoms with Crippen LogP contribution in [0.1, 0.15) is 28.2 Å². The van der Waals surface area contributed by atoms with E-state index in [9.17, 15) is 13.6 Å². The maximum Gasteiger partial charge on any atom is 0.272 e. The highest BCUT2D eigenvalue weighted by molar-refractivity contribution is 5.97. The fourth-order valence-electron chi connectivity index (χ4n) is 4.30. The molecule has 29 heavy (non-hydrogen) atoms. The molecule has 2 aliphatic heterocycles. The molecule has 1 aromatic carbocycles. The lowest BCUT2D eigenvalue weighted by molar-refractivity contribution is 0.0664. The molecule has 1 aromatic heterocycles. The number of alkyl halides is 2. The summed E-state index contributed by atoms with van der Waals surface area (Å²) in [5.41, 5.74) is 2.17. The molecule has 0 saturated carbocycles. The first-order valence-corrected chi connectivity index (χ1v) is 9.79. The van der Waals surface area contributed by atoms with E-state index < -0.39 is 13.0 Å². The largest absolute Gasteiger partial charge is 0.487 e. The Bertz CT molecular complexity index is 888. The zero-order valence-corrected chi connectivity index (χ0v) is 16.5. The van der Waals surface area contributed by atoms with Gasteiger partial charge in [0, 0.05) is 37.1 Å². The molecular formula is C21H24F2N4O2. The summed E-state index contributed by atoms with van der Waals surface area (Å²) in [5, 5.41) is 0. The predicted octanol–water partition coefficient (Wildman–Crippen LogP) is 3.09. The van der Waals surface area contributed by atoms with Crippen LogP contribution in [0.15, 0.2) is 30.3 Å². The molecule has 0 N–H and O–H groups in total. The van der Waals surface area contributed by atoms with Gasteiger partial charge in [-0.1, -0.05) is 12.1 Å². The number of nitrogens with zero attached hydrogens (tertiary/aromatic N) is 4. The monoisotopic (exact) mass is 402 g/mol. The second-order valence-electron chi connectivity index (χ2n) is 7.77. The third-order valence-electron chi connectivity index (χ3n) is 5.41. The summed E-state index contributed by atoms with van der Waals surface area (Å²) in [6, 6.07) is 8.67. The second-order valence-corrected chi connectivity index (χ2v) is 7.77. The average Bonchev–Trinajstić information content (AvgIpc) is 2.99. The quantitative estimate of drug-likeness (QED) is 0.769. The number of ether oxygens (including phenoxy) is 1.